The van der Waals surface area contributed by atoms with E-state index in [2.05, 4.69) is 22.2 Å². The lowest BCUT2D eigenvalue weighted by molar-refractivity contribution is 0.508. The summed E-state index contributed by atoms with van der Waals surface area (Å²) in [5.74, 6) is 0.473. The summed E-state index contributed by atoms with van der Waals surface area (Å²) in [6.45, 7) is 8.82. The van der Waals surface area contributed by atoms with Crippen molar-refractivity contribution in [3.8, 4) is 0 Å². The molecule has 0 amide bonds. The quantitative estimate of drug-likeness (QED) is 0.626. The van der Waals surface area contributed by atoms with E-state index in [-0.39, 0.29) is 5.54 Å². The van der Waals surface area contributed by atoms with Crippen molar-refractivity contribution in [3.05, 3.63) is 16.1 Å². The summed E-state index contributed by atoms with van der Waals surface area (Å²) in [5, 5.41) is 4.12. The van der Waals surface area contributed by atoms with Gasteiger partial charge < -0.3 is 11.1 Å². The second kappa shape index (κ2) is 5.30. The van der Waals surface area contributed by atoms with E-state index in [1.54, 1.807) is 11.3 Å². The minimum Gasteiger partial charge on any atom is -0.370 e. The fourth-order valence-electron chi connectivity index (χ4n) is 1.16. The molecule has 0 spiro atoms. The number of nitrogens with two attached hydrogens (primary N) is 1. The van der Waals surface area contributed by atoms with Crippen molar-refractivity contribution in [1.82, 2.24) is 10.3 Å². The normalized spacial score (nSPS) is 12.9. The van der Waals surface area contributed by atoms with E-state index in [0.29, 0.717) is 12.5 Å². The zero-order chi connectivity index (χ0) is 12.2. The van der Waals surface area contributed by atoms with Crippen LogP contribution >= 0.6 is 11.3 Å². The van der Waals surface area contributed by atoms with Crippen molar-refractivity contribution in [2.24, 2.45) is 10.7 Å². The maximum Gasteiger partial charge on any atom is 0.189 e. The molecule has 0 atom stereocenters. The third-order valence-corrected chi connectivity index (χ3v) is 2.96. The number of thiazole rings is 1. The Bertz CT molecular complexity index is 362. The van der Waals surface area contributed by atoms with Crippen LogP contribution in [-0.4, -0.2) is 16.5 Å². The lowest BCUT2D eigenvalue weighted by Crippen LogP contribution is -2.44. The lowest BCUT2D eigenvalue weighted by atomic mass is 10.1. The maximum atomic E-state index is 5.76. The molecule has 0 radical (unpaired) electrons. The zero-order valence-corrected chi connectivity index (χ0v) is 11.2. The zero-order valence-electron chi connectivity index (χ0n) is 10.4. The van der Waals surface area contributed by atoms with Gasteiger partial charge >= 0.3 is 0 Å². The highest BCUT2D eigenvalue weighted by Crippen LogP contribution is 2.13. The first-order valence-electron chi connectivity index (χ1n) is 5.42. The Hall–Kier alpha value is -1.10. The van der Waals surface area contributed by atoms with Crippen LogP contribution < -0.4 is 11.1 Å². The molecule has 3 N–H and O–H groups in total. The fraction of sp³-hybridized carbons (Fsp3) is 0.636. The van der Waals surface area contributed by atoms with Crippen molar-refractivity contribution in [1.29, 1.82) is 0 Å². The molecular formula is C11H20N4S. The van der Waals surface area contributed by atoms with E-state index in [4.69, 9.17) is 5.73 Å². The largest absolute Gasteiger partial charge is 0.370 e. The molecule has 1 aromatic heterocycles. The number of nitrogens with one attached hydrogen (secondary N) is 1. The number of hydrogen-bond donors (Lipinski definition) is 2. The highest BCUT2D eigenvalue weighted by molar-refractivity contribution is 7.11. The van der Waals surface area contributed by atoms with Crippen LogP contribution in [0.5, 0.6) is 0 Å². The van der Waals surface area contributed by atoms with E-state index >= 15 is 0 Å². The van der Waals surface area contributed by atoms with E-state index in [0.717, 1.165) is 11.4 Å². The summed E-state index contributed by atoms with van der Waals surface area (Å²) in [4.78, 5) is 9.83. The Kier molecular flexibility index (Phi) is 4.29. The topological polar surface area (TPSA) is 63.3 Å². The van der Waals surface area contributed by atoms with Crippen LogP contribution in [0.15, 0.2) is 11.2 Å². The summed E-state index contributed by atoms with van der Waals surface area (Å²) in [6.07, 6.45) is 2.93. The highest BCUT2D eigenvalue weighted by Gasteiger charge is 2.09. The molecule has 0 saturated carbocycles. The Morgan fingerprint density at radius 1 is 1.56 bits per heavy atom. The molecule has 0 bridgehead atoms. The number of aliphatic imine (C=N–C) groups is 1. The van der Waals surface area contributed by atoms with Gasteiger partial charge in [0.1, 0.15) is 5.01 Å². The SMILES string of the molecule is CCc1cnc(CN=C(N)NC(C)(C)C)s1. The predicted molar refractivity (Wildman–Crippen MR) is 69.7 cm³/mol. The van der Waals surface area contributed by atoms with Crippen molar-refractivity contribution in [3.63, 3.8) is 0 Å². The Labute approximate surface area is 101 Å². The molecule has 1 heterocycles. The molecule has 5 heteroatoms. The molecule has 16 heavy (non-hydrogen) atoms. The smallest absolute Gasteiger partial charge is 0.189 e. The Balaban J connectivity index is 2.52. The molecule has 4 nitrogen and oxygen atoms in total. The van der Waals surface area contributed by atoms with Crippen LogP contribution in [0, 0.1) is 0 Å². The van der Waals surface area contributed by atoms with Gasteiger partial charge in [-0.2, -0.15) is 0 Å². The molecule has 0 aliphatic carbocycles. The predicted octanol–water partition coefficient (Wildman–Crippen LogP) is 1.91. The van der Waals surface area contributed by atoms with Gasteiger partial charge in [0.05, 0.1) is 6.54 Å². The standard InChI is InChI=1S/C11H20N4S/c1-5-8-6-13-9(16-8)7-14-10(12)15-11(2,3)4/h6H,5,7H2,1-4H3,(H3,12,14,15). The fourth-order valence-corrected chi connectivity index (χ4v) is 1.95. The molecule has 0 aliphatic heterocycles. The first kappa shape index (κ1) is 13.0. The summed E-state index contributed by atoms with van der Waals surface area (Å²) in [6, 6.07) is 0. The van der Waals surface area contributed by atoms with Crippen molar-refractivity contribution in [2.45, 2.75) is 46.2 Å². The molecule has 0 aromatic carbocycles. The van der Waals surface area contributed by atoms with Gasteiger partial charge in [-0.3, -0.25) is 0 Å². The van der Waals surface area contributed by atoms with Crippen molar-refractivity contribution in [2.75, 3.05) is 0 Å². The Morgan fingerprint density at radius 2 is 2.25 bits per heavy atom. The van der Waals surface area contributed by atoms with E-state index in [1.165, 1.54) is 4.88 Å². The van der Waals surface area contributed by atoms with Crippen LogP contribution in [0.25, 0.3) is 0 Å². The number of guanidine groups is 1. The van der Waals surface area contributed by atoms with E-state index in [9.17, 15) is 0 Å². The van der Waals surface area contributed by atoms with Gasteiger partial charge in [-0.1, -0.05) is 6.92 Å². The summed E-state index contributed by atoms with van der Waals surface area (Å²) < 4.78 is 0. The first-order chi connectivity index (χ1) is 7.40. The average molecular weight is 240 g/mol. The molecule has 1 rings (SSSR count). The number of rotatable bonds is 3. The molecule has 0 unspecified atom stereocenters. The van der Waals surface area contributed by atoms with E-state index in [1.807, 2.05) is 27.0 Å². The monoisotopic (exact) mass is 240 g/mol. The first-order valence-corrected chi connectivity index (χ1v) is 6.24. The van der Waals surface area contributed by atoms with Gasteiger partial charge in [0.25, 0.3) is 0 Å². The maximum absolute atomic E-state index is 5.76. The van der Waals surface area contributed by atoms with Crippen LogP contribution in [0.3, 0.4) is 0 Å². The molecule has 1 aromatic rings. The van der Waals surface area contributed by atoms with Crippen LogP contribution in [-0.2, 0) is 13.0 Å². The van der Waals surface area contributed by atoms with E-state index < -0.39 is 0 Å². The van der Waals surface area contributed by atoms with Crippen molar-refractivity contribution < 1.29 is 0 Å². The Morgan fingerprint density at radius 3 is 2.75 bits per heavy atom. The molecule has 0 saturated heterocycles. The van der Waals surface area contributed by atoms with Gasteiger partial charge in [0.2, 0.25) is 0 Å². The van der Waals surface area contributed by atoms with Gasteiger partial charge in [-0.15, -0.1) is 11.3 Å². The summed E-state index contributed by atoms with van der Waals surface area (Å²) in [7, 11) is 0. The third-order valence-electron chi connectivity index (χ3n) is 1.84. The number of aryl methyl sites for hydroxylation is 1. The second-order valence-corrected chi connectivity index (χ2v) is 5.85. The molecule has 0 fully saturated rings. The summed E-state index contributed by atoms with van der Waals surface area (Å²) >= 11 is 1.69. The summed E-state index contributed by atoms with van der Waals surface area (Å²) in [5.41, 5.74) is 5.71. The number of hydrogen-bond acceptors (Lipinski definition) is 3. The highest BCUT2D eigenvalue weighted by atomic mass is 32.1. The number of aromatic nitrogens is 1. The minimum atomic E-state index is -0.0506. The van der Waals surface area contributed by atoms with Gasteiger partial charge in [-0.25, -0.2) is 9.98 Å². The van der Waals surface area contributed by atoms with Crippen LogP contribution in [0.4, 0.5) is 0 Å². The minimum absolute atomic E-state index is 0.0506. The average Bonchev–Trinajstić information content (AvgIpc) is 2.59. The second-order valence-electron chi connectivity index (χ2n) is 4.65. The van der Waals surface area contributed by atoms with Crippen molar-refractivity contribution >= 4 is 17.3 Å². The van der Waals surface area contributed by atoms with Gasteiger partial charge in [0, 0.05) is 16.6 Å². The lowest BCUT2D eigenvalue weighted by Gasteiger charge is -2.20. The van der Waals surface area contributed by atoms with Gasteiger partial charge in [0.15, 0.2) is 5.96 Å². The molecular weight excluding hydrogens is 220 g/mol. The molecule has 90 valence electrons. The van der Waals surface area contributed by atoms with Crippen LogP contribution in [0.2, 0.25) is 0 Å². The molecule has 0 aliphatic rings. The number of nitrogens with zero attached hydrogens (tertiary/aromatic N) is 2. The van der Waals surface area contributed by atoms with Gasteiger partial charge in [-0.05, 0) is 27.2 Å². The third kappa shape index (κ3) is 4.61. The van der Waals surface area contributed by atoms with Crippen LogP contribution in [0.1, 0.15) is 37.6 Å².